The second-order valence-corrected chi connectivity index (χ2v) is 6.07. The lowest BCUT2D eigenvalue weighted by atomic mass is 10.1. The van der Waals surface area contributed by atoms with E-state index in [2.05, 4.69) is 5.32 Å². The highest BCUT2D eigenvalue weighted by Gasteiger charge is 2.36. The number of nitrogens with zero attached hydrogens (tertiary/aromatic N) is 1. The van der Waals surface area contributed by atoms with Crippen LogP contribution in [0, 0.1) is 0 Å². The topological polar surface area (TPSA) is 102 Å². The summed E-state index contributed by atoms with van der Waals surface area (Å²) in [7, 11) is 0. The highest BCUT2D eigenvalue weighted by Crippen LogP contribution is 2.22. The molecule has 3 rings (SSSR count). The zero-order valence-electron chi connectivity index (χ0n) is 15.1. The van der Waals surface area contributed by atoms with Crippen molar-refractivity contribution in [3.63, 3.8) is 0 Å². The standard InChI is InChI=1S/C20H18N2O6/c1-13(21-17(23)11-27-14-7-3-2-4-8-14)20(26)28-12-22-18(24)15-9-5-6-10-16(15)19(22)25/h2-10,13H,11-12H2,1H3,(H,21,23)/t13-/m0/s1. The van der Waals surface area contributed by atoms with Gasteiger partial charge in [0.25, 0.3) is 17.7 Å². The van der Waals surface area contributed by atoms with Crippen molar-refractivity contribution in [2.45, 2.75) is 13.0 Å². The number of benzene rings is 2. The lowest BCUT2D eigenvalue weighted by Crippen LogP contribution is -2.43. The van der Waals surface area contributed by atoms with Crippen molar-refractivity contribution in [3.05, 3.63) is 65.7 Å². The number of hydrogen-bond acceptors (Lipinski definition) is 6. The maximum Gasteiger partial charge on any atom is 0.330 e. The van der Waals surface area contributed by atoms with Gasteiger partial charge in [-0.3, -0.25) is 14.4 Å². The van der Waals surface area contributed by atoms with E-state index in [1.54, 1.807) is 36.4 Å². The normalized spacial score (nSPS) is 13.7. The number of fused-ring (bicyclic) bond motifs is 1. The molecular weight excluding hydrogens is 364 g/mol. The van der Waals surface area contributed by atoms with E-state index in [1.807, 2.05) is 6.07 Å². The third-order valence-electron chi connectivity index (χ3n) is 4.06. The summed E-state index contributed by atoms with van der Waals surface area (Å²) in [6, 6.07) is 14.2. The van der Waals surface area contributed by atoms with Gasteiger partial charge in [-0.15, -0.1) is 0 Å². The minimum Gasteiger partial charge on any atom is -0.484 e. The van der Waals surface area contributed by atoms with Crippen LogP contribution < -0.4 is 10.1 Å². The summed E-state index contributed by atoms with van der Waals surface area (Å²) in [5, 5.41) is 2.44. The Morgan fingerprint density at radius 1 is 0.964 bits per heavy atom. The van der Waals surface area contributed by atoms with Gasteiger partial charge in [0.1, 0.15) is 11.8 Å². The Balaban J connectivity index is 1.46. The lowest BCUT2D eigenvalue weighted by Gasteiger charge is -2.17. The van der Waals surface area contributed by atoms with Crippen molar-refractivity contribution < 1.29 is 28.7 Å². The summed E-state index contributed by atoms with van der Waals surface area (Å²) in [6.45, 7) is 0.650. The smallest absolute Gasteiger partial charge is 0.330 e. The van der Waals surface area contributed by atoms with Gasteiger partial charge in [0.2, 0.25) is 0 Å². The van der Waals surface area contributed by atoms with Gasteiger partial charge in [-0.2, -0.15) is 0 Å². The second-order valence-electron chi connectivity index (χ2n) is 6.07. The molecule has 0 spiro atoms. The summed E-state index contributed by atoms with van der Waals surface area (Å²) < 4.78 is 10.3. The van der Waals surface area contributed by atoms with Crippen molar-refractivity contribution in [2.24, 2.45) is 0 Å². The fraction of sp³-hybridized carbons (Fsp3) is 0.200. The maximum atomic E-state index is 12.2. The van der Waals surface area contributed by atoms with Crippen LogP contribution in [0.25, 0.3) is 0 Å². The number of esters is 1. The largest absolute Gasteiger partial charge is 0.484 e. The predicted octanol–water partition coefficient (Wildman–Crippen LogP) is 1.37. The average Bonchev–Trinajstić information content (AvgIpc) is 2.96. The number of rotatable bonds is 7. The summed E-state index contributed by atoms with van der Waals surface area (Å²) >= 11 is 0. The Hall–Kier alpha value is -3.68. The van der Waals surface area contributed by atoms with Crippen LogP contribution in [0.2, 0.25) is 0 Å². The van der Waals surface area contributed by atoms with Crippen molar-refractivity contribution >= 4 is 23.7 Å². The number of carbonyl (C=O) groups is 4. The van der Waals surface area contributed by atoms with E-state index in [-0.39, 0.29) is 17.7 Å². The molecule has 8 nitrogen and oxygen atoms in total. The van der Waals surface area contributed by atoms with Gasteiger partial charge in [0.15, 0.2) is 13.3 Å². The predicted molar refractivity (Wildman–Crippen MR) is 97.4 cm³/mol. The SMILES string of the molecule is C[C@H](NC(=O)COc1ccccc1)C(=O)OCN1C(=O)c2ccccc2C1=O. The van der Waals surface area contributed by atoms with Crippen molar-refractivity contribution in [1.29, 1.82) is 0 Å². The Kier molecular flexibility index (Phi) is 5.69. The first kappa shape index (κ1) is 19.1. The number of amides is 3. The monoisotopic (exact) mass is 382 g/mol. The molecule has 0 aromatic heterocycles. The van der Waals surface area contributed by atoms with Crippen LogP contribution in [0.1, 0.15) is 27.6 Å². The Bertz CT molecular complexity index is 877. The Morgan fingerprint density at radius 2 is 1.54 bits per heavy atom. The van der Waals surface area contributed by atoms with Gasteiger partial charge in [-0.05, 0) is 31.2 Å². The van der Waals surface area contributed by atoms with E-state index >= 15 is 0 Å². The van der Waals surface area contributed by atoms with Crippen molar-refractivity contribution in [2.75, 3.05) is 13.3 Å². The Morgan fingerprint density at radius 3 is 2.14 bits per heavy atom. The summed E-state index contributed by atoms with van der Waals surface area (Å²) in [4.78, 5) is 49.2. The summed E-state index contributed by atoms with van der Waals surface area (Å²) in [6.07, 6.45) is 0. The molecular formula is C20H18N2O6. The van der Waals surface area contributed by atoms with E-state index in [4.69, 9.17) is 9.47 Å². The Labute approximate surface area is 161 Å². The van der Waals surface area contributed by atoms with E-state index in [9.17, 15) is 19.2 Å². The molecule has 0 unspecified atom stereocenters. The number of para-hydroxylation sites is 1. The molecule has 0 saturated carbocycles. The van der Waals surface area contributed by atoms with Crippen LogP contribution in [-0.4, -0.2) is 48.0 Å². The molecule has 0 aliphatic carbocycles. The molecule has 28 heavy (non-hydrogen) atoms. The van der Waals surface area contributed by atoms with Gasteiger partial charge in [0.05, 0.1) is 11.1 Å². The fourth-order valence-electron chi connectivity index (χ4n) is 2.62. The second kappa shape index (κ2) is 8.34. The number of imide groups is 1. The molecule has 0 fully saturated rings. The van der Waals surface area contributed by atoms with E-state index in [0.717, 1.165) is 4.90 Å². The first-order valence-electron chi connectivity index (χ1n) is 8.56. The molecule has 8 heteroatoms. The number of carbonyl (C=O) groups excluding carboxylic acids is 4. The highest BCUT2D eigenvalue weighted by molar-refractivity contribution is 6.21. The minimum atomic E-state index is -0.970. The van der Waals surface area contributed by atoms with Gasteiger partial charge in [0, 0.05) is 0 Å². The molecule has 0 saturated heterocycles. The molecule has 3 amide bonds. The number of ether oxygens (including phenoxy) is 2. The van der Waals surface area contributed by atoms with Crippen LogP contribution in [0.5, 0.6) is 5.75 Å². The molecule has 2 aromatic rings. The van der Waals surface area contributed by atoms with Crippen molar-refractivity contribution in [1.82, 2.24) is 10.2 Å². The quantitative estimate of drug-likeness (QED) is 0.573. The van der Waals surface area contributed by atoms with Crippen LogP contribution >= 0.6 is 0 Å². The van der Waals surface area contributed by atoms with Crippen LogP contribution in [0.15, 0.2) is 54.6 Å². The summed E-state index contributed by atoms with van der Waals surface area (Å²) in [5.41, 5.74) is 0.533. The van der Waals surface area contributed by atoms with Crippen LogP contribution in [0.4, 0.5) is 0 Å². The maximum absolute atomic E-state index is 12.2. The van der Waals surface area contributed by atoms with Gasteiger partial charge < -0.3 is 14.8 Å². The third kappa shape index (κ3) is 4.17. The molecule has 0 radical (unpaired) electrons. The zero-order chi connectivity index (χ0) is 20.1. The molecule has 1 atom stereocenters. The minimum absolute atomic E-state index is 0.264. The molecule has 1 aliphatic heterocycles. The molecule has 2 aromatic carbocycles. The van der Waals surface area contributed by atoms with Crippen LogP contribution in [-0.2, 0) is 14.3 Å². The first-order valence-corrected chi connectivity index (χ1v) is 8.56. The van der Waals surface area contributed by atoms with Gasteiger partial charge >= 0.3 is 5.97 Å². The molecule has 1 heterocycles. The van der Waals surface area contributed by atoms with E-state index in [1.165, 1.54) is 19.1 Å². The zero-order valence-corrected chi connectivity index (χ0v) is 15.1. The van der Waals surface area contributed by atoms with Gasteiger partial charge in [-0.25, -0.2) is 9.69 Å². The van der Waals surface area contributed by atoms with Gasteiger partial charge in [-0.1, -0.05) is 30.3 Å². The van der Waals surface area contributed by atoms with E-state index in [0.29, 0.717) is 5.75 Å². The molecule has 0 bridgehead atoms. The van der Waals surface area contributed by atoms with Crippen molar-refractivity contribution in [3.8, 4) is 5.75 Å². The summed E-state index contributed by atoms with van der Waals surface area (Å²) in [5.74, 6) is -1.81. The highest BCUT2D eigenvalue weighted by atomic mass is 16.5. The third-order valence-corrected chi connectivity index (χ3v) is 4.06. The fourth-order valence-corrected chi connectivity index (χ4v) is 2.62. The number of nitrogens with one attached hydrogen (secondary N) is 1. The lowest BCUT2D eigenvalue weighted by molar-refractivity contribution is -0.150. The number of hydrogen-bond donors (Lipinski definition) is 1. The first-order chi connectivity index (χ1) is 13.5. The molecule has 1 aliphatic rings. The molecule has 144 valence electrons. The van der Waals surface area contributed by atoms with Crippen LogP contribution in [0.3, 0.4) is 0 Å². The van der Waals surface area contributed by atoms with E-state index < -0.39 is 36.5 Å². The average molecular weight is 382 g/mol. The molecule has 1 N–H and O–H groups in total.